The van der Waals surface area contributed by atoms with Crippen molar-refractivity contribution in [3.05, 3.63) is 69.3 Å². The van der Waals surface area contributed by atoms with Crippen molar-refractivity contribution in [2.45, 2.75) is 26.1 Å². The smallest absolute Gasteiger partial charge is 0.0826 e. The molecule has 0 saturated heterocycles. The molecule has 0 aliphatic rings. The van der Waals surface area contributed by atoms with Gasteiger partial charge in [-0.05, 0) is 52.3 Å². The topological polar surface area (TPSA) is 9.23 Å². The summed E-state index contributed by atoms with van der Waals surface area (Å²) in [5.74, 6) is 0. The summed E-state index contributed by atoms with van der Waals surface area (Å²) in [6, 6.07) is 18.9. The standard InChI is InChI=1S/C16H17IO/c1-2-16(14-8-4-3-5-9-14)18-12-13-7-6-10-15(17)11-13/h3-11,16H,2,12H2,1H3. The monoisotopic (exact) mass is 352 g/mol. The molecule has 0 aliphatic heterocycles. The van der Waals surface area contributed by atoms with Crippen LogP contribution in [0.2, 0.25) is 0 Å². The highest BCUT2D eigenvalue weighted by atomic mass is 127. The molecule has 0 saturated carbocycles. The van der Waals surface area contributed by atoms with Crippen molar-refractivity contribution in [3.63, 3.8) is 0 Å². The van der Waals surface area contributed by atoms with Crippen LogP contribution in [0.1, 0.15) is 30.6 Å². The van der Waals surface area contributed by atoms with Crippen molar-refractivity contribution in [3.8, 4) is 0 Å². The lowest BCUT2D eigenvalue weighted by Gasteiger charge is -2.16. The first-order valence-electron chi connectivity index (χ1n) is 6.20. The SMILES string of the molecule is CCC(OCc1cccc(I)c1)c1ccccc1. The Balaban J connectivity index is 2.00. The van der Waals surface area contributed by atoms with Gasteiger partial charge in [-0.3, -0.25) is 0 Å². The van der Waals surface area contributed by atoms with Gasteiger partial charge in [0.15, 0.2) is 0 Å². The fourth-order valence-corrected chi connectivity index (χ4v) is 2.55. The van der Waals surface area contributed by atoms with Gasteiger partial charge in [-0.15, -0.1) is 0 Å². The van der Waals surface area contributed by atoms with Crippen molar-refractivity contribution >= 4 is 22.6 Å². The van der Waals surface area contributed by atoms with Crippen LogP contribution >= 0.6 is 22.6 Å². The minimum Gasteiger partial charge on any atom is -0.369 e. The summed E-state index contributed by atoms with van der Waals surface area (Å²) >= 11 is 2.33. The van der Waals surface area contributed by atoms with Gasteiger partial charge in [-0.25, -0.2) is 0 Å². The van der Waals surface area contributed by atoms with E-state index >= 15 is 0 Å². The van der Waals surface area contributed by atoms with Crippen LogP contribution in [-0.4, -0.2) is 0 Å². The molecule has 0 N–H and O–H groups in total. The molecule has 2 aromatic rings. The Morgan fingerprint density at radius 2 is 1.83 bits per heavy atom. The molecule has 0 bridgehead atoms. The Kier molecular flexibility index (Phi) is 5.20. The second kappa shape index (κ2) is 6.90. The van der Waals surface area contributed by atoms with Crippen LogP contribution in [0.15, 0.2) is 54.6 Å². The van der Waals surface area contributed by atoms with E-state index in [9.17, 15) is 0 Å². The number of halogens is 1. The highest BCUT2D eigenvalue weighted by molar-refractivity contribution is 14.1. The van der Waals surface area contributed by atoms with Gasteiger partial charge in [0.25, 0.3) is 0 Å². The van der Waals surface area contributed by atoms with Crippen molar-refractivity contribution in [2.75, 3.05) is 0 Å². The average molecular weight is 352 g/mol. The minimum absolute atomic E-state index is 0.184. The third-order valence-corrected chi connectivity index (χ3v) is 3.55. The molecule has 2 aromatic carbocycles. The molecular formula is C16H17IO. The van der Waals surface area contributed by atoms with E-state index in [1.165, 1.54) is 14.7 Å². The lowest BCUT2D eigenvalue weighted by atomic mass is 10.1. The average Bonchev–Trinajstić information content (AvgIpc) is 2.41. The summed E-state index contributed by atoms with van der Waals surface area (Å²) < 4.78 is 7.27. The first-order valence-corrected chi connectivity index (χ1v) is 7.28. The normalized spacial score (nSPS) is 12.3. The second-order valence-electron chi connectivity index (χ2n) is 4.25. The highest BCUT2D eigenvalue weighted by Gasteiger charge is 2.09. The van der Waals surface area contributed by atoms with Gasteiger partial charge in [0.2, 0.25) is 0 Å². The van der Waals surface area contributed by atoms with Crippen LogP contribution in [0.3, 0.4) is 0 Å². The lowest BCUT2D eigenvalue weighted by molar-refractivity contribution is 0.0371. The second-order valence-corrected chi connectivity index (χ2v) is 5.49. The molecule has 0 aliphatic carbocycles. The van der Waals surface area contributed by atoms with Gasteiger partial charge in [0, 0.05) is 3.57 Å². The maximum Gasteiger partial charge on any atom is 0.0826 e. The van der Waals surface area contributed by atoms with Crippen molar-refractivity contribution in [1.29, 1.82) is 0 Å². The molecule has 0 fully saturated rings. The summed E-state index contributed by atoms with van der Waals surface area (Å²) in [7, 11) is 0. The predicted octanol–water partition coefficient (Wildman–Crippen LogP) is 4.96. The van der Waals surface area contributed by atoms with Gasteiger partial charge >= 0.3 is 0 Å². The van der Waals surface area contributed by atoms with Gasteiger partial charge in [-0.2, -0.15) is 0 Å². The summed E-state index contributed by atoms with van der Waals surface area (Å²) in [5.41, 5.74) is 2.49. The number of benzene rings is 2. The molecule has 0 heterocycles. The van der Waals surface area contributed by atoms with E-state index in [1.807, 2.05) is 6.07 Å². The lowest BCUT2D eigenvalue weighted by Crippen LogP contribution is -2.03. The Morgan fingerprint density at radius 1 is 1.06 bits per heavy atom. The number of hydrogen-bond donors (Lipinski definition) is 0. The van der Waals surface area contributed by atoms with Crippen LogP contribution < -0.4 is 0 Å². The molecule has 0 radical (unpaired) electrons. The first kappa shape index (κ1) is 13.6. The number of rotatable bonds is 5. The molecule has 1 atom stereocenters. The summed E-state index contributed by atoms with van der Waals surface area (Å²) in [6.07, 6.45) is 1.18. The van der Waals surface area contributed by atoms with E-state index in [1.54, 1.807) is 0 Å². The Hall–Kier alpha value is -0.870. The molecule has 2 rings (SSSR count). The van der Waals surface area contributed by atoms with E-state index in [2.05, 4.69) is 78.0 Å². The summed E-state index contributed by atoms with van der Waals surface area (Å²) in [4.78, 5) is 0. The van der Waals surface area contributed by atoms with E-state index in [0.29, 0.717) is 6.61 Å². The maximum atomic E-state index is 6.02. The predicted molar refractivity (Wildman–Crippen MR) is 83.4 cm³/mol. The van der Waals surface area contributed by atoms with E-state index in [0.717, 1.165) is 6.42 Å². The van der Waals surface area contributed by atoms with Crippen LogP contribution in [0, 0.1) is 3.57 Å². The molecule has 0 amide bonds. The molecular weight excluding hydrogens is 335 g/mol. The zero-order valence-corrected chi connectivity index (χ0v) is 12.6. The molecule has 1 nitrogen and oxygen atoms in total. The van der Waals surface area contributed by atoms with Crippen LogP contribution in [0.4, 0.5) is 0 Å². The van der Waals surface area contributed by atoms with Gasteiger partial charge < -0.3 is 4.74 Å². The van der Waals surface area contributed by atoms with Crippen LogP contribution in [-0.2, 0) is 11.3 Å². The molecule has 0 aromatic heterocycles. The van der Waals surface area contributed by atoms with Gasteiger partial charge in [0.05, 0.1) is 12.7 Å². The molecule has 0 spiro atoms. The molecule has 94 valence electrons. The Labute approximate surface area is 122 Å². The van der Waals surface area contributed by atoms with E-state index < -0.39 is 0 Å². The number of ether oxygens (including phenoxy) is 1. The van der Waals surface area contributed by atoms with Gasteiger partial charge in [-0.1, -0.05) is 49.4 Å². The quantitative estimate of drug-likeness (QED) is 0.691. The Morgan fingerprint density at radius 3 is 2.50 bits per heavy atom. The fraction of sp³-hybridized carbons (Fsp3) is 0.250. The fourth-order valence-electron chi connectivity index (χ4n) is 1.94. The van der Waals surface area contributed by atoms with Crippen LogP contribution in [0.5, 0.6) is 0 Å². The van der Waals surface area contributed by atoms with E-state index in [4.69, 9.17) is 4.74 Å². The third-order valence-electron chi connectivity index (χ3n) is 2.88. The third kappa shape index (κ3) is 3.82. The van der Waals surface area contributed by atoms with Crippen LogP contribution in [0.25, 0.3) is 0 Å². The summed E-state index contributed by atoms with van der Waals surface area (Å²) in [5, 5.41) is 0. The van der Waals surface area contributed by atoms with Crippen molar-refractivity contribution in [1.82, 2.24) is 0 Å². The zero-order chi connectivity index (χ0) is 12.8. The first-order chi connectivity index (χ1) is 8.79. The molecule has 2 heteroatoms. The molecule has 1 unspecified atom stereocenters. The largest absolute Gasteiger partial charge is 0.369 e. The maximum absolute atomic E-state index is 6.02. The summed E-state index contributed by atoms with van der Waals surface area (Å²) in [6.45, 7) is 2.83. The minimum atomic E-state index is 0.184. The number of hydrogen-bond acceptors (Lipinski definition) is 1. The van der Waals surface area contributed by atoms with Crippen molar-refractivity contribution < 1.29 is 4.74 Å². The molecule has 18 heavy (non-hydrogen) atoms. The Bertz CT molecular complexity index is 481. The van der Waals surface area contributed by atoms with Gasteiger partial charge in [0.1, 0.15) is 0 Å². The zero-order valence-electron chi connectivity index (χ0n) is 10.5. The van der Waals surface area contributed by atoms with E-state index in [-0.39, 0.29) is 6.10 Å². The van der Waals surface area contributed by atoms with Crippen molar-refractivity contribution in [2.24, 2.45) is 0 Å². The highest BCUT2D eigenvalue weighted by Crippen LogP contribution is 2.22.